The van der Waals surface area contributed by atoms with E-state index in [1.807, 2.05) is 13.8 Å². The summed E-state index contributed by atoms with van der Waals surface area (Å²) in [5.74, 6) is -1.47. The SMILES string of the molecule is CC(C)=O.CC(C)Nc1cccc(F)c1F. The van der Waals surface area contributed by atoms with Gasteiger partial charge in [0.25, 0.3) is 0 Å². The van der Waals surface area contributed by atoms with Crippen LogP contribution in [0.4, 0.5) is 14.5 Å². The van der Waals surface area contributed by atoms with Crippen molar-refractivity contribution in [3.05, 3.63) is 29.8 Å². The van der Waals surface area contributed by atoms with Gasteiger partial charge in [-0.25, -0.2) is 8.78 Å². The second-order valence-corrected chi connectivity index (χ2v) is 3.81. The Hall–Kier alpha value is -1.45. The molecule has 0 saturated heterocycles. The van der Waals surface area contributed by atoms with Crippen LogP contribution in [0.25, 0.3) is 0 Å². The molecule has 0 atom stereocenters. The molecular weight excluding hydrogens is 212 g/mol. The maximum Gasteiger partial charge on any atom is 0.181 e. The highest BCUT2D eigenvalue weighted by atomic mass is 19.2. The Balaban J connectivity index is 0.000000487. The van der Waals surface area contributed by atoms with E-state index in [1.165, 1.54) is 26.0 Å². The minimum absolute atomic E-state index is 0.0984. The Bertz CT molecular complexity index is 347. The van der Waals surface area contributed by atoms with Crippen molar-refractivity contribution >= 4 is 11.5 Å². The van der Waals surface area contributed by atoms with Gasteiger partial charge in [0.1, 0.15) is 5.78 Å². The Morgan fingerprint density at radius 2 is 1.75 bits per heavy atom. The van der Waals surface area contributed by atoms with Crippen LogP contribution in [0.5, 0.6) is 0 Å². The van der Waals surface area contributed by atoms with Crippen molar-refractivity contribution in [1.29, 1.82) is 0 Å². The summed E-state index contributed by atoms with van der Waals surface area (Å²) in [6.07, 6.45) is 0. The number of rotatable bonds is 2. The average Bonchev–Trinajstić information content (AvgIpc) is 2.11. The summed E-state index contributed by atoms with van der Waals surface area (Å²) in [4.78, 5) is 9.44. The van der Waals surface area contributed by atoms with Crippen LogP contribution in [0.15, 0.2) is 18.2 Å². The van der Waals surface area contributed by atoms with Crippen molar-refractivity contribution in [3.63, 3.8) is 0 Å². The van der Waals surface area contributed by atoms with Gasteiger partial charge in [-0.2, -0.15) is 0 Å². The summed E-state index contributed by atoms with van der Waals surface area (Å²) in [7, 11) is 0. The zero-order chi connectivity index (χ0) is 12.7. The summed E-state index contributed by atoms with van der Waals surface area (Å²) >= 11 is 0. The third-order valence-electron chi connectivity index (χ3n) is 1.40. The molecular formula is C12H17F2NO. The van der Waals surface area contributed by atoms with Crippen molar-refractivity contribution in [2.24, 2.45) is 0 Å². The maximum atomic E-state index is 12.9. The molecule has 0 aliphatic heterocycles. The molecule has 0 unspecified atom stereocenters. The normalized spacial score (nSPS) is 9.44. The van der Waals surface area contributed by atoms with Crippen LogP contribution in [-0.4, -0.2) is 11.8 Å². The van der Waals surface area contributed by atoms with Gasteiger partial charge in [-0.15, -0.1) is 0 Å². The van der Waals surface area contributed by atoms with E-state index in [9.17, 15) is 13.6 Å². The number of halogens is 2. The number of ketones is 1. The fraction of sp³-hybridized carbons (Fsp3) is 0.417. The van der Waals surface area contributed by atoms with Gasteiger partial charge in [0.15, 0.2) is 11.6 Å². The lowest BCUT2D eigenvalue weighted by molar-refractivity contribution is -0.114. The van der Waals surface area contributed by atoms with Gasteiger partial charge in [-0.1, -0.05) is 6.07 Å². The van der Waals surface area contributed by atoms with E-state index < -0.39 is 11.6 Å². The van der Waals surface area contributed by atoms with Crippen molar-refractivity contribution in [3.8, 4) is 0 Å². The maximum absolute atomic E-state index is 12.9. The number of benzene rings is 1. The first-order valence-electron chi connectivity index (χ1n) is 5.02. The lowest BCUT2D eigenvalue weighted by atomic mass is 10.2. The van der Waals surface area contributed by atoms with Crippen molar-refractivity contribution in [2.75, 3.05) is 5.32 Å². The number of anilines is 1. The van der Waals surface area contributed by atoms with Crippen molar-refractivity contribution < 1.29 is 13.6 Å². The van der Waals surface area contributed by atoms with Crippen molar-refractivity contribution in [1.82, 2.24) is 0 Å². The molecule has 0 aromatic heterocycles. The van der Waals surface area contributed by atoms with Crippen LogP contribution in [0.2, 0.25) is 0 Å². The Kier molecular flexibility index (Phi) is 6.30. The van der Waals surface area contributed by atoms with Gasteiger partial charge in [0, 0.05) is 6.04 Å². The molecule has 0 spiro atoms. The predicted octanol–water partition coefficient (Wildman–Crippen LogP) is 3.38. The average molecular weight is 229 g/mol. The minimum Gasteiger partial charge on any atom is -0.380 e. The highest BCUT2D eigenvalue weighted by Crippen LogP contribution is 2.16. The van der Waals surface area contributed by atoms with E-state index in [1.54, 1.807) is 0 Å². The van der Waals surface area contributed by atoms with Gasteiger partial charge >= 0.3 is 0 Å². The smallest absolute Gasteiger partial charge is 0.181 e. The highest BCUT2D eigenvalue weighted by molar-refractivity contribution is 5.72. The fourth-order valence-corrected chi connectivity index (χ4v) is 0.926. The zero-order valence-electron chi connectivity index (χ0n) is 9.97. The van der Waals surface area contributed by atoms with E-state index in [0.29, 0.717) is 0 Å². The quantitative estimate of drug-likeness (QED) is 0.842. The van der Waals surface area contributed by atoms with Gasteiger partial charge in [0.2, 0.25) is 0 Å². The topological polar surface area (TPSA) is 29.1 Å². The number of nitrogens with one attached hydrogen (secondary N) is 1. The van der Waals surface area contributed by atoms with Crippen LogP contribution >= 0.6 is 0 Å². The summed E-state index contributed by atoms with van der Waals surface area (Å²) in [5, 5.41) is 2.80. The fourth-order valence-electron chi connectivity index (χ4n) is 0.926. The first-order valence-corrected chi connectivity index (χ1v) is 5.02. The van der Waals surface area contributed by atoms with E-state index in [4.69, 9.17) is 0 Å². The first-order chi connectivity index (χ1) is 7.34. The molecule has 0 radical (unpaired) electrons. The van der Waals surface area contributed by atoms with Gasteiger partial charge in [-0.05, 0) is 39.8 Å². The minimum atomic E-state index is -0.819. The molecule has 0 aliphatic rings. The molecule has 0 aliphatic carbocycles. The third-order valence-corrected chi connectivity index (χ3v) is 1.40. The second-order valence-electron chi connectivity index (χ2n) is 3.81. The molecule has 1 rings (SSSR count). The van der Waals surface area contributed by atoms with E-state index >= 15 is 0 Å². The molecule has 0 saturated carbocycles. The molecule has 0 heterocycles. The number of hydrogen-bond acceptors (Lipinski definition) is 2. The Morgan fingerprint density at radius 1 is 1.25 bits per heavy atom. The standard InChI is InChI=1S/C9H11F2N.C3H6O/c1-6(2)12-8-5-3-4-7(10)9(8)11;1-3(2)4/h3-6,12H,1-2H3;1-2H3. The number of carbonyl (C=O) groups is 1. The molecule has 90 valence electrons. The Morgan fingerprint density at radius 3 is 2.19 bits per heavy atom. The number of Topliss-reactive ketones (excluding diaryl/α,β-unsaturated/α-hetero) is 1. The summed E-state index contributed by atoms with van der Waals surface area (Å²) in [6, 6.07) is 4.18. The van der Waals surface area contributed by atoms with Crippen LogP contribution in [0.1, 0.15) is 27.7 Å². The van der Waals surface area contributed by atoms with Gasteiger partial charge < -0.3 is 10.1 Å². The van der Waals surface area contributed by atoms with Crippen LogP contribution < -0.4 is 5.32 Å². The highest BCUT2D eigenvalue weighted by Gasteiger charge is 2.07. The second kappa shape index (κ2) is 6.93. The summed E-state index contributed by atoms with van der Waals surface area (Å²) < 4.78 is 25.5. The van der Waals surface area contributed by atoms with Crippen LogP contribution in [0, 0.1) is 11.6 Å². The Labute approximate surface area is 94.7 Å². The summed E-state index contributed by atoms with van der Waals surface area (Å²) in [5.41, 5.74) is 0.213. The predicted molar refractivity (Wildman–Crippen MR) is 61.5 cm³/mol. The van der Waals surface area contributed by atoms with E-state index in [0.717, 1.165) is 6.07 Å². The van der Waals surface area contributed by atoms with Crippen molar-refractivity contribution in [2.45, 2.75) is 33.7 Å². The molecule has 1 aromatic carbocycles. The molecule has 0 amide bonds. The lowest BCUT2D eigenvalue weighted by Gasteiger charge is -2.10. The first kappa shape index (κ1) is 14.5. The molecule has 0 fully saturated rings. The largest absolute Gasteiger partial charge is 0.380 e. The molecule has 0 bridgehead atoms. The zero-order valence-corrected chi connectivity index (χ0v) is 9.97. The van der Waals surface area contributed by atoms with E-state index in [2.05, 4.69) is 5.32 Å². The number of hydrogen-bond donors (Lipinski definition) is 1. The summed E-state index contributed by atoms with van der Waals surface area (Å²) in [6.45, 7) is 6.79. The van der Waals surface area contributed by atoms with E-state index in [-0.39, 0.29) is 17.5 Å². The number of carbonyl (C=O) groups excluding carboxylic acids is 1. The van der Waals surface area contributed by atoms with Gasteiger partial charge in [0.05, 0.1) is 5.69 Å². The lowest BCUT2D eigenvalue weighted by Crippen LogP contribution is -2.11. The van der Waals surface area contributed by atoms with Crippen LogP contribution in [0.3, 0.4) is 0 Å². The molecule has 4 heteroatoms. The molecule has 16 heavy (non-hydrogen) atoms. The van der Waals surface area contributed by atoms with Gasteiger partial charge in [-0.3, -0.25) is 0 Å². The van der Waals surface area contributed by atoms with Crippen LogP contribution in [-0.2, 0) is 4.79 Å². The third kappa shape index (κ3) is 6.11. The molecule has 1 N–H and O–H groups in total. The molecule has 2 nitrogen and oxygen atoms in total. The monoisotopic (exact) mass is 229 g/mol. The molecule has 1 aromatic rings.